The molecule has 0 aliphatic heterocycles. The molecule has 0 heterocycles. The SMILES string of the molecule is CCOCCCNCC(O)c1cc(F)ccc1F. The number of halogens is 2. The Labute approximate surface area is 106 Å². The molecule has 102 valence electrons. The Balaban J connectivity index is 2.31. The van der Waals surface area contributed by atoms with Crippen LogP contribution < -0.4 is 5.32 Å². The number of aliphatic hydroxyl groups excluding tert-OH is 1. The third-order valence-electron chi connectivity index (χ3n) is 2.50. The highest BCUT2D eigenvalue weighted by molar-refractivity contribution is 5.21. The van der Waals surface area contributed by atoms with Crippen LogP contribution in [0.1, 0.15) is 25.0 Å². The smallest absolute Gasteiger partial charge is 0.129 e. The van der Waals surface area contributed by atoms with E-state index in [1.54, 1.807) is 0 Å². The van der Waals surface area contributed by atoms with Crippen LogP contribution in [0.5, 0.6) is 0 Å². The first kappa shape index (κ1) is 15.0. The molecule has 0 saturated heterocycles. The molecule has 1 rings (SSSR count). The predicted molar refractivity (Wildman–Crippen MR) is 65.3 cm³/mol. The number of hydrogen-bond acceptors (Lipinski definition) is 3. The van der Waals surface area contributed by atoms with Crippen LogP contribution in [0.2, 0.25) is 0 Å². The molecule has 3 nitrogen and oxygen atoms in total. The maximum absolute atomic E-state index is 13.3. The lowest BCUT2D eigenvalue weighted by molar-refractivity contribution is 0.140. The van der Waals surface area contributed by atoms with E-state index in [2.05, 4.69) is 5.32 Å². The fraction of sp³-hybridized carbons (Fsp3) is 0.538. The van der Waals surface area contributed by atoms with Crippen LogP contribution in [-0.2, 0) is 4.74 Å². The second kappa shape index (κ2) is 8.13. The van der Waals surface area contributed by atoms with Crippen LogP contribution >= 0.6 is 0 Å². The zero-order valence-corrected chi connectivity index (χ0v) is 10.5. The van der Waals surface area contributed by atoms with Gasteiger partial charge in [0, 0.05) is 25.3 Å². The Hall–Kier alpha value is -1.04. The van der Waals surface area contributed by atoms with Gasteiger partial charge >= 0.3 is 0 Å². The topological polar surface area (TPSA) is 41.5 Å². The number of ether oxygens (including phenoxy) is 1. The van der Waals surface area contributed by atoms with E-state index >= 15 is 0 Å². The monoisotopic (exact) mass is 259 g/mol. The third kappa shape index (κ3) is 5.08. The molecule has 18 heavy (non-hydrogen) atoms. The summed E-state index contributed by atoms with van der Waals surface area (Å²) in [6.07, 6.45) is -0.237. The van der Waals surface area contributed by atoms with Crippen LogP contribution in [0, 0.1) is 11.6 Å². The van der Waals surface area contributed by atoms with Crippen LogP contribution in [0.4, 0.5) is 8.78 Å². The molecule has 0 bridgehead atoms. The molecule has 1 aromatic rings. The van der Waals surface area contributed by atoms with Crippen LogP contribution in [0.3, 0.4) is 0 Å². The standard InChI is InChI=1S/C13H19F2NO2/c1-2-18-7-3-6-16-9-13(17)11-8-10(14)4-5-12(11)15/h4-5,8,13,16-17H,2-3,6-7,9H2,1H3. The van der Waals surface area contributed by atoms with Crippen molar-refractivity contribution >= 4 is 0 Å². The first-order chi connectivity index (χ1) is 8.65. The molecule has 1 atom stereocenters. The van der Waals surface area contributed by atoms with Gasteiger partial charge in [0.1, 0.15) is 11.6 Å². The van der Waals surface area contributed by atoms with E-state index in [1.165, 1.54) is 0 Å². The fourth-order valence-corrected chi connectivity index (χ4v) is 1.56. The van der Waals surface area contributed by atoms with Crippen molar-refractivity contribution in [2.24, 2.45) is 0 Å². The van der Waals surface area contributed by atoms with Crippen molar-refractivity contribution in [3.8, 4) is 0 Å². The lowest BCUT2D eigenvalue weighted by Crippen LogP contribution is -2.24. The average molecular weight is 259 g/mol. The molecular formula is C13H19F2NO2. The molecule has 5 heteroatoms. The maximum atomic E-state index is 13.3. The molecule has 1 aromatic carbocycles. The highest BCUT2D eigenvalue weighted by atomic mass is 19.1. The quantitative estimate of drug-likeness (QED) is 0.702. The molecule has 0 aliphatic carbocycles. The largest absolute Gasteiger partial charge is 0.387 e. The summed E-state index contributed by atoms with van der Waals surface area (Å²) in [6.45, 7) is 4.09. The van der Waals surface area contributed by atoms with E-state index < -0.39 is 17.7 Å². The first-order valence-corrected chi connectivity index (χ1v) is 6.06. The van der Waals surface area contributed by atoms with E-state index in [9.17, 15) is 13.9 Å². The van der Waals surface area contributed by atoms with E-state index in [-0.39, 0.29) is 12.1 Å². The molecule has 1 unspecified atom stereocenters. The minimum Gasteiger partial charge on any atom is -0.387 e. The summed E-state index contributed by atoms with van der Waals surface area (Å²) < 4.78 is 31.4. The molecule has 0 aromatic heterocycles. The summed E-state index contributed by atoms with van der Waals surface area (Å²) in [7, 11) is 0. The van der Waals surface area contributed by atoms with Crippen molar-refractivity contribution in [2.45, 2.75) is 19.4 Å². The molecule has 0 spiro atoms. The first-order valence-electron chi connectivity index (χ1n) is 6.06. The Morgan fingerprint density at radius 2 is 2.17 bits per heavy atom. The Kier molecular flexibility index (Phi) is 6.78. The maximum Gasteiger partial charge on any atom is 0.129 e. The summed E-state index contributed by atoms with van der Waals surface area (Å²) in [5, 5.41) is 12.7. The van der Waals surface area contributed by atoms with Crippen LogP contribution in [0.25, 0.3) is 0 Å². The highest BCUT2D eigenvalue weighted by Crippen LogP contribution is 2.17. The predicted octanol–water partition coefficient (Wildman–Crippen LogP) is 2.01. The van der Waals surface area contributed by atoms with Gasteiger partial charge in [-0.15, -0.1) is 0 Å². The lowest BCUT2D eigenvalue weighted by atomic mass is 10.1. The van der Waals surface area contributed by atoms with Gasteiger partial charge < -0.3 is 15.2 Å². The van der Waals surface area contributed by atoms with Crippen molar-refractivity contribution < 1.29 is 18.6 Å². The third-order valence-corrected chi connectivity index (χ3v) is 2.50. The molecular weight excluding hydrogens is 240 g/mol. The Morgan fingerprint density at radius 3 is 2.89 bits per heavy atom. The van der Waals surface area contributed by atoms with Gasteiger partial charge in [0.15, 0.2) is 0 Å². The second-order valence-electron chi connectivity index (χ2n) is 3.94. The molecule has 0 radical (unpaired) electrons. The molecule has 0 saturated carbocycles. The summed E-state index contributed by atoms with van der Waals surface area (Å²) >= 11 is 0. The second-order valence-corrected chi connectivity index (χ2v) is 3.94. The molecule has 2 N–H and O–H groups in total. The van der Waals surface area contributed by atoms with E-state index in [0.717, 1.165) is 24.6 Å². The van der Waals surface area contributed by atoms with Crippen LogP contribution in [-0.4, -0.2) is 31.4 Å². The van der Waals surface area contributed by atoms with E-state index in [0.29, 0.717) is 19.8 Å². The number of rotatable bonds is 8. The number of nitrogens with one attached hydrogen (secondary N) is 1. The highest BCUT2D eigenvalue weighted by Gasteiger charge is 2.13. The normalized spacial score (nSPS) is 12.7. The summed E-state index contributed by atoms with van der Waals surface area (Å²) in [5.74, 6) is -1.15. The van der Waals surface area contributed by atoms with Crippen molar-refractivity contribution in [3.63, 3.8) is 0 Å². The van der Waals surface area contributed by atoms with Crippen LogP contribution in [0.15, 0.2) is 18.2 Å². The van der Waals surface area contributed by atoms with Gasteiger partial charge in [-0.1, -0.05) is 0 Å². The number of hydrogen-bond donors (Lipinski definition) is 2. The minimum atomic E-state index is -1.05. The van der Waals surface area contributed by atoms with Gasteiger partial charge in [-0.25, -0.2) is 8.78 Å². The van der Waals surface area contributed by atoms with Crippen molar-refractivity contribution in [1.82, 2.24) is 5.32 Å². The van der Waals surface area contributed by atoms with Gasteiger partial charge in [0.05, 0.1) is 6.10 Å². The van der Waals surface area contributed by atoms with E-state index in [1.807, 2.05) is 6.92 Å². The Bertz CT molecular complexity index is 361. The van der Waals surface area contributed by atoms with E-state index in [4.69, 9.17) is 4.74 Å². The zero-order valence-electron chi connectivity index (χ0n) is 10.5. The number of aliphatic hydroxyl groups is 1. The van der Waals surface area contributed by atoms with Gasteiger partial charge in [-0.2, -0.15) is 0 Å². The Morgan fingerprint density at radius 1 is 1.39 bits per heavy atom. The molecule has 0 fully saturated rings. The van der Waals surface area contributed by atoms with Crippen molar-refractivity contribution in [2.75, 3.05) is 26.3 Å². The van der Waals surface area contributed by atoms with Gasteiger partial charge in [-0.05, 0) is 38.1 Å². The number of benzene rings is 1. The van der Waals surface area contributed by atoms with Crippen molar-refractivity contribution in [3.05, 3.63) is 35.4 Å². The summed E-state index contributed by atoms with van der Waals surface area (Å²) in [6, 6.07) is 3.06. The van der Waals surface area contributed by atoms with Gasteiger partial charge in [-0.3, -0.25) is 0 Å². The lowest BCUT2D eigenvalue weighted by Gasteiger charge is -2.13. The van der Waals surface area contributed by atoms with Gasteiger partial charge in [0.25, 0.3) is 0 Å². The summed E-state index contributed by atoms with van der Waals surface area (Å²) in [4.78, 5) is 0. The fourth-order valence-electron chi connectivity index (χ4n) is 1.56. The minimum absolute atomic E-state index is 0.0210. The summed E-state index contributed by atoms with van der Waals surface area (Å²) in [5.41, 5.74) is -0.0210. The molecule has 0 aliphatic rings. The molecule has 0 amide bonds. The van der Waals surface area contributed by atoms with Gasteiger partial charge in [0.2, 0.25) is 0 Å². The average Bonchev–Trinajstić information content (AvgIpc) is 2.36. The zero-order chi connectivity index (χ0) is 13.4. The van der Waals surface area contributed by atoms with Crippen molar-refractivity contribution in [1.29, 1.82) is 0 Å².